The van der Waals surface area contributed by atoms with Gasteiger partial charge in [-0.1, -0.05) is 48.0 Å². The summed E-state index contributed by atoms with van der Waals surface area (Å²) >= 11 is 0. The van der Waals surface area contributed by atoms with Crippen LogP contribution in [0.2, 0.25) is 0 Å². The Balaban J connectivity index is 1.82. The van der Waals surface area contributed by atoms with Crippen molar-refractivity contribution in [1.29, 1.82) is 0 Å². The number of nitrogens with zero attached hydrogens (tertiary/aromatic N) is 1. The van der Waals surface area contributed by atoms with Gasteiger partial charge >= 0.3 is 0 Å². The smallest absolute Gasteiger partial charge is 0.264 e. The van der Waals surface area contributed by atoms with Crippen molar-refractivity contribution in [1.82, 2.24) is 5.32 Å². The monoisotopic (exact) mass is 496 g/mol. The molecule has 1 atom stereocenters. The molecule has 0 radical (unpaired) electrons. The van der Waals surface area contributed by atoms with E-state index in [9.17, 15) is 13.2 Å². The number of carbonyl (C=O) groups excluding carboxylic acids is 1. The first-order chi connectivity index (χ1) is 16.7. The van der Waals surface area contributed by atoms with Gasteiger partial charge in [0, 0.05) is 12.1 Å². The van der Waals surface area contributed by atoms with Crippen molar-refractivity contribution in [2.24, 2.45) is 0 Å². The molecule has 0 bridgehead atoms. The summed E-state index contributed by atoms with van der Waals surface area (Å²) in [6.07, 6.45) is 1.55. The molecule has 0 aliphatic rings. The predicted octanol–water partition coefficient (Wildman–Crippen LogP) is 4.35. The summed E-state index contributed by atoms with van der Waals surface area (Å²) in [4.78, 5) is 13.0. The second kappa shape index (κ2) is 11.8. The van der Waals surface area contributed by atoms with Crippen LogP contribution < -0.4 is 19.1 Å². The van der Waals surface area contributed by atoms with E-state index >= 15 is 0 Å². The summed E-state index contributed by atoms with van der Waals surface area (Å²) in [6.45, 7) is 3.48. The highest BCUT2D eigenvalue weighted by atomic mass is 32.2. The van der Waals surface area contributed by atoms with Gasteiger partial charge in [0.2, 0.25) is 5.91 Å². The summed E-state index contributed by atoms with van der Waals surface area (Å²) in [5.74, 6) is 0.324. The summed E-state index contributed by atoms with van der Waals surface area (Å²) in [7, 11) is -1.15. The number of carbonyl (C=O) groups is 1. The van der Waals surface area contributed by atoms with Gasteiger partial charge in [-0.3, -0.25) is 9.10 Å². The second-order valence-corrected chi connectivity index (χ2v) is 10.2. The number of ether oxygens (including phenoxy) is 2. The van der Waals surface area contributed by atoms with E-state index in [-0.39, 0.29) is 29.1 Å². The van der Waals surface area contributed by atoms with Gasteiger partial charge in [0.05, 0.1) is 24.8 Å². The van der Waals surface area contributed by atoms with Crippen LogP contribution in [-0.2, 0) is 21.2 Å². The molecule has 0 saturated carbocycles. The maximum atomic E-state index is 13.7. The Bertz CT molecular complexity index is 1230. The highest BCUT2D eigenvalue weighted by Crippen LogP contribution is 2.32. The molecule has 0 heterocycles. The van der Waals surface area contributed by atoms with Crippen LogP contribution >= 0.6 is 0 Å². The minimum absolute atomic E-state index is 0.000603. The fourth-order valence-electron chi connectivity index (χ4n) is 3.68. The van der Waals surface area contributed by atoms with Crippen LogP contribution in [0, 0.1) is 6.92 Å². The van der Waals surface area contributed by atoms with Crippen LogP contribution in [0.4, 0.5) is 5.69 Å². The minimum atomic E-state index is -4.07. The Morgan fingerprint density at radius 3 is 2.23 bits per heavy atom. The molecule has 35 heavy (non-hydrogen) atoms. The first kappa shape index (κ1) is 26.1. The zero-order valence-corrected chi connectivity index (χ0v) is 21.3. The van der Waals surface area contributed by atoms with E-state index in [1.807, 2.05) is 56.3 Å². The molecule has 0 aromatic heterocycles. The molecule has 0 fully saturated rings. The van der Waals surface area contributed by atoms with Crippen molar-refractivity contribution < 1.29 is 22.7 Å². The Morgan fingerprint density at radius 2 is 1.60 bits per heavy atom. The lowest BCUT2D eigenvalue weighted by Gasteiger charge is -2.25. The molecule has 0 aliphatic heterocycles. The number of nitrogens with one attached hydrogen (secondary N) is 1. The van der Waals surface area contributed by atoms with Crippen LogP contribution in [0.25, 0.3) is 0 Å². The Kier molecular flexibility index (Phi) is 8.76. The zero-order chi connectivity index (χ0) is 25.4. The Hall–Kier alpha value is -3.52. The average molecular weight is 497 g/mol. The number of amides is 1. The lowest BCUT2D eigenvalue weighted by Crippen LogP contribution is -2.43. The van der Waals surface area contributed by atoms with Crippen molar-refractivity contribution in [2.45, 2.75) is 37.6 Å². The van der Waals surface area contributed by atoms with E-state index in [4.69, 9.17) is 9.47 Å². The van der Waals surface area contributed by atoms with Crippen molar-refractivity contribution in [2.75, 3.05) is 25.1 Å². The molecule has 3 rings (SSSR count). The van der Waals surface area contributed by atoms with Crippen LogP contribution in [0.15, 0.2) is 77.7 Å². The van der Waals surface area contributed by atoms with Crippen molar-refractivity contribution in [3.63, 3.8) is 0 Å². The number of hydrogen-bond acceptors (Lipinski definition) is 5. The molecular weight excluding hydrogens is 464 g/mol. The number of methoxy groups -OCH3 is 2. The maximum Gasteiger partial charge on any atom is 0.264 e. The zero-order valence-electron chi connectivity index (χ0n) is 20.5. The topological polar surface area (TPSA) is 84.9 Å². The molecule has 3 aromatic rings. The molecule has 0 unspecified atom stereocenters. The van der Waals surface area contributed by atoms with Gasteiger partial charge in [0.15, 0.2) is 11.5 Å². The number of aryl methyl sites for hydroxylation is 2. The predicted molar refractivity (Wildman–Crippen MR) is 138 cm³/mol. The fourth-order valence-corrected chi connectivity index (χ4v) is 5.12. The standard InChI is InChI=1S/C27H32N2O5S/c1-20-10-14-23(15-11-20)29(35(31,32)24-16-17-25(33-3)26(18-24)34-4)19-27(30)28-21(2)12-13-22-8-6-5-7-9-22/h5-11,14-18,21H,12-13,19H2,1-4H3,(H,28,30)/t21-/m0/s1. The average Bonchev–Trinajstić information content (AvgIpc) is 2.86. The number of hydrogen-bond donors (Lipinski definition) is 1. The van der Waals surface area contributed by atoms with Gasteiger partial charge in [-0.2, -0.15) is 0 Å². The first-order valence-corrected chi connectivity index (χ1v) is 12.8. The highest BCUT2D eigenvalue weighted by Gasteiger charge is 2.28. The first-order valence-electron chi connectivity index (χ1n) is 11.4. The van der Waals surface area contributed by atoms with E-state index in [0.717, 1.165) is 22.7 Å². The normalized spacial score (nSPS) is 12.0. The fraction of sp³-hybridized carbons (Fsp3) is 0.296. The molecule has 3 aromatic carbocycles. The molecule has 0 saturated heterocycles. The molecule has 0 aliphatic carbocycles. The van der Waals surface area contributed by atoms with E-state index in [2.05, 4.69) is 5.32 Å². The molecule has 7 nitrogen and oxygen atoms in total. The third-order valence-corrected chi connectivity index (χ3v) is 7.44. The molecule has 1 N–H and O–H groups in total. The number of benzene rings is 3. The second-order valence-electron chi connectivity index (χ2n) is 8.36. The summed E-state index contributed by atoms with van der Waals surface area (Å²) in [6, 6.07) is 21.3. The quantitative estimate of drug-likeness (QED) is 0.427. The van der Waals surface area contributed by atoms with Crippen molar-refractivity contribution >= 4 is 21.6 Å². The molecular formula is C27H32N2O5S. The molecule has 186 valence electrons. The third kappa shape index (κ3) is 6.76. The van der Waals surface area contributed by atoms with Crippen LogP contribution in [-0.4, -0.2) is 41.1 Å². The van der Waals surface area contributed by atoms with Crippen LogP contribution in [0.1, 0.15) is 24.5 Å². The minimum Gasteiger partial charge on any atom is -0.493 e. The summed E-state index contributed by atoms with van der Waals surface area (Å²) in [5, 5.41) is 2.94. The third-order valence-electron chi connectivity index (χ3n) is 5.67. The van der Waals surface area contributed by atoms with E-state index in [1.54, 1.807) is 12.1 Å². The van der Waals surface area contributed by atoms with E-state index < -0.39 is 10.0 Å². The number of anilines is 1. The van der Waals surface area contributed by atoms with Crippen molar-refractivity contribution in [3.8, 4) is 11.5 Å². The van der Waals surface area contributed by atoms with Crippen LogP contribution in [0.5, 0.6) is 11.5 Å². The van der Waals surface area contributed by atoms with Gasteiger partial charge in [0.25, 0.3) is 10.0 Å². The maximum absolute atomic E-state index is 13.7. The molecule has 8 heteroatoms. The van der Waals surface area contributed by atoms with Gasteiger partial charge < -0.3 is 14.8 Å². The largest absolute Gasteiger partial charge is 0.493 e. The van der Waals surface area contributed by atoms with E-state index in [1.165, 1.54) is 38.0 Å². The molecule has 0 spiro atoms. The Morgan fingerprint density at radius 1 is 0.943 bits per heavy atom. The van der Waals surface area contributed by atoms with Gasteiger partial charge in [-0.15, -0.1) is 0 Å². The van der Waals surface area contributed by atoms with Gasteiger partial charge in [0.1, 0.15) is 6.54 Å². The van der Waals surface area contributed by atoms with Gasteiger partial charge in [-0.05, 0) is 56.5 Å². The summed E-state index contributed by atoms with van der Waals surface area (Å²) < 4.78 is 39.0. The lowest BCUT2D eigenvalue weighted by atomic mass is 10.1. The lowest BCUT2D eigenvalue weighted by molar-refractivity contribution is -0.120. The number of sulfonamides is 1. The Labute approximate surface area is 207 Å². The SMILES string of the molecule is COc1ccc(S(=O)(=O)N(CC(=O)N[C@@H](C)CCc2ccccc2)c2ccc(C)cc2)cc1OC. The summed E-state index contributed by atoms with van der Waals surface area (Å²) in [5.41, 5.74) is 2.57. The number of rotatable bonds is 11. The molecule has 1 amide bonds. The van der Waals surface area contributed by atoms with E-state index in [0.29, 0.717) is 11.4 Å². The highest BCUT2D eigenvalue weighted by molar-refractivity contribution is 7.92. The van der Waals surface area contributed by atoms with Crippen molar-refractivity contribution in [3.05, 3.63) is 83.9 Å². The van der Waals surface area contributed by atoms with Crippen LogP contribution in [0.3, 0.4) is 0 Å². The van der Waals surface area contributed by atoms with Gasteiger partial charge in [-0.25, -0.2) is 8.42 Å².